The van der Waals surface area contributed by atoms with Crippen molar-refractivity contribution in [1.82, 2.24) is 19.7 Å². The highest BCUT2D eigenvalue weighted by atomic mass is 35.5. The van der Waals surface area contributed by atoms with Gasteiger partial charge in [-0.2, -0.15) is 5.10 Å². The lowest BCUT2D eigenvalue weighted by Gasteiger charge is -2.57. The molecule has 28 heavy (non-hydrogen) atoms. The van der Waals surface area contributed by atoms with Crippen LogP contribution < -0.4 is 5.32 Å². The summed E-state index contributed by atoms with van der Waals surface area (Å²) in [5.41, 5.74) is 3.11. The van der Waals surface area contributed by atoms with Gasteiger partial charge < -0.3 is 5.32 Å². The van der Waals surface area contributed by atoms with Crippen molar-refractivity contribution in [3.05, 3.63) is 41.3 Å². The Bertz CT molecular complexity index is 1040. The summed E-state index contributed by atoms with van der Waals surface area (Å²) in [6.07, 6.45) is 11.7. The molecule has 0 spiro atoms. The molecule has 0 unspecified atom stereocenters. The summed E-state index contributed by atoms with van der Waals surface area (Å²) in [6, 6.07) is 5.86. The van der Waals surface area contributed by atoms with E-state index in [0.29, 0.717) is 5.02 Å². The molecule has 3 aromatic rings. The van der Waals surface area contributed by atoms with E-state index in [9.17, 15) is 0 Å². The van der Waals surface area contributed by atoms with Crippen LogP contribution in [-0.4, -0.2) is 25.3 Å². The second kappa shape index (κ2) is 5.93. The fourth-order valence-electron chi connectivity index (χ4n) is 6.45. The Morgan fingerprint density at radius 2 is 1.79 bits per heavy atom. The van der Waals surface area contributed by atoms with Crippen LogP contribution in [0.5, 0.6) is 0 Å². The molecule has 1 aromatic carbocycles. The van der Waals surface area contributed by atoms with E-state index in [1.165, 1.54) is 38.5 Å². The number of anilines is 1. The third-order valence-electron chi connectivity index (χ3n) is 7.19. The Hall–Kier alpha value is -2.14. The van der Waals surface area contributed by atoms with Crippen LogP contribution in [-0.2, 0) is 0 Å². The molecular formula is C22H24ClN5. The Kier molecular flexibility index (Phi) is 3.55. The number of aromatic nitrogens is 4. The molecule has 2 aromatic heterocycles. The highest BCUT2D eigenvalue weighted by molar-refractivity contribution is 6.30. The molecule has 4 aliphatic rings. The molecule has 0 saturated heterocycles. The molecule has 144 valence electrons. The molecule has 2 heterocycles. The number of aryl methyl sites for hydroxylation is 1. The van der Waals surface area contributed by atoms with Crippen LogP contribution in [0.25, 0.3) is 16.7 Å². The minimum absolute atomic E-state index is 0.212. The summed E-state index contributed by atoms with van der Waals surface area (Å²) in [5.74, 6) is 3.62. The van der Waals surface area contributed by atoms with Crippen LogP contribution in [0.2, 0.25) is 5.02 Å². The van der Waals surface area contributed by atoms with Gasteiger partial charge in [-0.15, -0.1) is 0 Å². The number of halogens is 1. The topological polar surface area (TPSA) is 55.6 Å². The van der Waals surface area contributed by atoms with Gasteiger partial charge in [0.15, 0.2) is 5.65 Å². The zero-order valence-corrected chi connectivity index (χ0v) is 16.8. The molecule has 4 aliphatic carbocycles. The van der Waals surface area contributed by atoms with E-state index in [-0.39, 0.29) is 5.54 Å². The van der Waals surface area contributed by atoms with Gasteiger partial charge in [-0.25, -0.2) is 14.6 Å². The van der Waals surface area contributed by atoms with Crippen molar-refractivity contribution >= 4 is 28.5 Å². The lowest BCUT2D eigenvalue weighted by atomic mass is 9.53. The van der Waals surface area contributed by atoms with Gasteiger partial charge in [-0.05, 0) is 80.9 Å². The minimum atomic E-state index is 0.212. The maximum Gasteiger partial charge on any atom is 0.168 e. The van der Waals surface area contributed by atoms with Gasteiger partial charge in [-0.3, -0.25) is 0 Å². The Morgan fingerprint density at radius 1 is 1.07 bits per heavy atom. The molecule has 4 saturated carbocycles. The quantitative estimate of drug-likeness (QED) is 0.667. The van der Waals surface area contributed by atoms with Crippen molar-refractivity contribution in [2.45, 2.75) is 51.0 Å². The first-order valence-electron chi connectivity index (χ1n) is 10.3. The maximum absolute atomic E-state index is 6.23. The molecule has 0 atom stereocenters. The predicted molar refractivity (Wildman–Crippen MR) is 111 cm³/mol. The number of hydrogen-bond acceptors (Lipinski definition) is 4. The van der Waals surface area contributed by atoms with Gasteiger partial charge in [0.05, 0.1) is 17.3 Å². The van der Waals surface area contributed by atoms with Crippen molar-refractivity contribution in [2.75, 3.05) is 5.32 Å². The van der Waals surface area contributed by atoms with Gasteiger partial charge in [-0.1, -0.05) is 17.7 Å². The van der Waals surface area contributed by atoms with E-state index in [2.05, 4.69) is 27.3 Å². The van der Waals surface area contributed by atoms with E-state index < -0.39 is 0 Å². The van der Waals surface area contributed by atoms with Crippen molar-refractivity contribution in [2.24, 2.45) is 17.8 Å². The van der Waals surface area contributed by atoms with E-state index in [1.54, 1.807) is 6.33 Å². The van der Waals surface area contributed by atoms with E-state index >= 15 is 0 Å². The van der Waals surface area contributed by atoms with Crippen molar-refractivity contribution in [3.63, 3.8) is 0 Å². The van der Waals surface area contributed by atoms with Crippen molar-refractivity contribution in [3.8, 4) is 5.69 Å². The number of rotatable bonds is 3. The Balaban J connectivity index is 1.41. The molecule has 5 nitrogen and oxygen atoms in total. The van der Waals surface area contributed by atoms with E-state index in [4.69, 9.17) is 11.6 Å². The lowest BCUT2D eigenvalue weighted by Crippen LogP contribution is -2.54. The maximum atomic E-state index is 6.23. The fraction of sp³-hybridized carbons (Fsp3) is 0.500. The third kappa shape index (κ3) is 2.55. The van der Waals surface area contributed by atoms with Crippen molar-refractivity contribution in [1.29, 1.82) is 0 Å². The van der Waals surface area contributed by atoms with Crippen LogP contribution >= 0.6 is 11.6 Å². The highest BCUT2D eigenvalue weighted by Gasteiger charge is 2.51. The third-order valence-corrected chi connectivity index (χ3v) is 7.42. The summed E-state index contributed by atoms with van der Waals surface area (Å²) in [4.78, 5) is 9.18. The zero-order valence-electron chi connectivity index (χ0n) is 16.0. The summed E-state index contributed by atoms with van der Waals surface area (Å²) >= 11 is 6.23. The summed E-state index contributed by atoms with van der Waals surface area (Å²) in [6.45, 7) is 2.06. The zero-order chi connectivity index (χ0) is 18.9. The predicted octanol–water partition coefficient (Wildman–Crippen LogP) is 5.16. The standard InChI is InChI=1S/C22H24ClN5/c1-13-2-3-17(23)7-19(13)28-21-18(11-26-28)20(24-12-25-21)27-22-8-14-4-15(9-22)6-16(5-14)10-22/h2-3,7,11-12,14-16H,4-6,8-10H2,1H3,(H,24,25,27). The Morgan fingerprint density at radius 3 is 2.50 bits per heavy atom. The number of benzene rings is 1. The molecule has 0 radical (unpaired) electrons. The van der Waals surface area contributed by atoms with Crippen LogP contribution in [0, 0.1) is 24.7 Å². The minimum Gasteiger partial charge on any atom is -0.364 e. The molecule has 4 bridgehead atoms. The monoisotopic (exact) mass is 393 g/mol. The first-order valence-corrected chi connectivity index (χ1v) is 10.7. The Labute approximate surface area is 169 Å². The second-order valence-electron chi connectivity index (χ2n) is 9.27. The normalized spacial score (nSPS) is 30.9. The van der Waals surface area contributed by atoms with Gasteiger partial charge in [0, 0.05) is 10.6 Å². The molecule has 7 rings (SSSR count). The highest BCUT2D eigenvalue weighted by Crippen LogP contribution is 2.56. The van der Waals surface area contributed by atoms with Crippen LogP contribution in [0.4, 0.5) is 5.82 Å². The first-order chi connectivity index (χ1) is 13.6. The van der Waals surface area contributed by atoms with Crippen LogP contribution in [0.3, 0.4) is 0 Å². The van der Waals surface area contributed by atoms with E-state index in [0.717, 1.165) is 45.9 Å². The molecule has 0 aliphatic heterocycles. The molecular weight excluding hydrogens is 370 g/mol. The SMILES string of the molecule is Cc1ccc(Cl)cc1-n1ncc2c(NC34CC5CC(CC(C5)C3)C4)ncnc21. The van der Waals surface area contributed by atoms with Crippen LogP contribution in [0.15, 0.2) is 30.7 Å². The largest absolute Gasteiger partial charge is 0.364 e. The average molecular weight is 394 g/mol. The number of fused-ring (bicyclic) bond motifs is 1. The fourth-order valence-corrected chi connectivity index (χ4v) is 6.61. The van der Waals surface area contributed by atoms with Crippen molar-refractivity contribution < 1.29 is 0 Å². The van der Waals surface area contributed by atoms with E-state index in [1.807, 2.05) is 29.1 Å². The molecule has 6 heteroatoms. The second-order valence-corrected chi connectivity index (χ2v) is 9.71. The smallest absolute Gasteiger partial charge is 0.168 e. The number of nitrogens with one attached hydrogen (secondary N) is 1. The average Bonchev–Trinajstić information content (AvgIpc) is 3.07. The summed E-state index contributed by atoms with van der Waals surface area (Å²) < 4.78 is 1.88. The van der Waals surface area contributed by atoms with Gasteiger partial charge in [0.25, 0.3) is 0 Å². The number of nitrogens with zero attached hydrogens (tertiary/aromatic N) is 4. The lowest BCUT2D eigenvalue weighted by molar-refractivity contribution is 0.0106. The summed E-state index contributed by atoms with van der Waals surface area (Å²) in [7, 11) is 0. The summed E-state index contributed by atoms with van der Waals surface area (Å²) in [5, 5.41) is 10.2. The van der Waals surface area contributed by atoms with Gasteiger partial charge in [0.2, 0.25) is 0 Å². The van der Waals surface area contributed by atoms with Crippen LogP contribution in [0.1, 0.15) is 44.1 Å². The molecule has 4 fully saturated rings. The molecule has 1 N–H and O–H groups in total. The van der Waals surface area contributed by atoms with Gasteiger partial charge >= 0.3 is 0 Å². The first kappa shape index (κ1) is 16.8. The van der Waals surface area contributed by atoms with Gasteiger partial charge in [0.1, 0.15) is 12.1 Å². The number of hydrogen-bond donors (Lipinski definition) is 1. The molecule has 0 amide bonds.